The number of piperidine rings is 1. The summed E-state index contributed by atoms with van der Waals surface area (Å²) in [5, 5.41) is 19.2. The molecule has 0 spiro atoms. The number of carboxylic acids is 2. The molecule has 5 atom stereocenters. The van der Waals surface area contributed by atoms with E-state index in [-0.39, 0.29) is 11.8 Å². The van der Waals surface area contributed by atoms with Crippen molar-refractivity contribution in [1.29, 1.82) is 0 Å². The van der Waals surface area contributed by atoms with Crippen molar-refractivity contribution >= 4 is 29.2 Å². The van der Waals surface area contributed by atoms with Gasteiger partial charge in [-0.25, -0.2) is 9.59 Å². The van der Waals surface area contributed by atoms with Gasteiger partial charge in [0.25, 0.3) is 0 Å². The zero-order valence-corrected chi connectivity index (χ0v) is 33.8. The first-order chi connectivity index (χ1) is 27.4. The van der Waals surface area contributed by atoms with Crippen LogP contribution in [0.1, 0.15) is 85.7 Å². The van der Waals surface area contributed by atoms with Gasteiger partial charge >= 0.3 is 11.9 Å². The Labute approximate surface area is 336 Å². The molecule has 7 rings (SSSR count). The maximum Gasteiger partial charge on any atom is 0.328 e. The Morgan fingerprint density at radius 2 is 1.37 bits per heavy atom. The van der Waals surface area contributed by atoms with Gasteiger partial charge in [0.2, 0.25) is 5.91 Å². The minimum absolute atomic E-state index is 0.179. The van der Waals surface area contributed by atoms with Gasteiger partial charge in [-0.1, -0.05) is 60.7 Å². The summed E-state index contributed by atoms with van der Waals surface area (Å²) in [5.41, 5.74) is 7.71. The second kappa shape index (κ2) is 20.0. The van der Waals surface area contributed by atoms with Crippen LogP contribution < -0.4 is 24.6 Å². The summed E-state index contributed by atoms with van der Waals surface area (Å²) < 4.78 is 10.8. The molecule has 2 bridgehead atoms. The molecule has 0 aromatic heterocycles. The number of amides is 1. The van der Waals surface area contributed by atoms with Crippen LogP contribution in [0.3, 0.4) is 0 Å². The summed E-state index contributed by atoms with van der Waals surface area (Å²) in [5.74, 6) is 0.358. The van der Waals surface area contributed by atoms with Crippen molar-refractivity contribution in [3.63, 3.8) is 0 Å². The minimum atomic E-state index is -1.26. The minimum Gasteiger partial charge on any atom is -0.497 e. The maximum absolute atomic E-state index is 12.3. The summed E-state index contributed by atoms with van der Waals surface area (Å²) in [6.07, 6.45) is 5.50. The number of hydrogen-bond acceptors (Lipinski definition) is 8. The van der Waals surface area contributed by atoms with E-state index in [1.807, 2.05) is 25.2 Å². The number of nitrogens with one attached hydrogen (secondary N) is 1. The highest BCUT2D eigenvalue weighted by molar-refractivity contribution is 5.96. The number of hydrogen-bond donors (Lipinski definition) is 3. The average molecular weight is 777 g/mol. The number of carbonyl (C=O) groups excluding carboxylic acids is 1. The lowest BCUT2D eigenvalue weighted by atomic mass is 9.81. The molecule has 3 N–H and O–H groups in total. The Balaban J connectivity index is 0.000000183. The second-order valence-corrected chi connectivity index (χ2v) is 14.7. The van der Waals surface area contributed by atoms with Crippen LogP contribution in [0, 0.1) is 0 Å². The van der Waals surface area contributed by atoms with Crippen LogP contribution in [0.15, 0.2) is 109 Å². The fraction of sp³-hybridized carbons (Fsp3) is 0.370. The summed E-state index contributed by atoms with van der Waals surface area (Å²) in [6, 6.07) is 34.6. The topological polar surface area (TPSA) is 132 Å². The van der Waals surface area contributed by atoms with E-state index >= 15 is 0 Å². The molecule has 0 aliphatic carbocycles. The van der Waals surface area contributed by atoms with E-state index in [0.29, 0.717) is 42.7 Å². The van der Waals surface area contributed by atoms with E-state index in [4.69, 9.17) is 19.7 Å². The molecule has 0 saturated carbocycles. The molecule has 1 amide bonds. The predicted octanol–water partition coefficient (Wildman–Crippen LogP) is 8.01. The van der Waals surface area contributed by atoms with Crippen LogP contribution in [0.4, 0.5) is 11.4 Å². The zero-order valence-electron chi connectivity index (χ0n) is 33.8. The molecule has 302 valence electrons. The molecule has 4 aromatic carbocycles. The summed E-state index contributed by atoms with van der Waals surface area (Å²) in [7, 11) is 7.51. The van der Waals surface area contributed by atoms with Gasteiger partial charge in [-0.15, -0.1) is 0 Å². The van der Waals surface area contributed by atoms with Crippen molar-refractivity contribution < 1.29 is 34.1 Å². The highest BCUT2D eigenvalue weighted by Crippen LogP contribution is 2.46. The lowest BCUT2D eigenvalue weighted by Gasteiger charge is -2.51. The van der Waals surface area contributed by atoms with Crippen molar-refractivity contribution in [2.24, 2.45) is 0 Å². The second-order valence-electron chi connectivity index (χ2n) is 14.7. The van der Waals surface area contributed by atoms with Gasteiger partial charge in [-0.2, -0.15) is 0 Å². The fourth-order valence-corrected chi connectivity index (χ4v) is 8.09. The number of carboxylic acid groups (broad SMARTS) is 2. The molecule has 11 heteroatoms. The van der Waals surface area contributed by atoms with Gasteiger partial charge in [-0.05, 0) is 110 Å². The Hall–Kier alpha value is -5.65. The normalized spacial score (nSPS) is 19.5. The molecule has 1 saturated heterocycles. The molecule has 57 heavy (non-hydrogen) atoms. The van der Waals surface area contributed by atoms with Gasteiger partial charge < -0.3 is 34.8 Å². The molecule has 3 aliphatic rings. The number of carbonyl (C=O) groups is 3. The summed E-state index contributed by atoms with van der Waals surface area (Å²) in [6.45, 7) is 6.53. The molecular weight excluding hydrogens is 721 g/mol. The Bertz CT molecular complexity index is 1970. The zero-order chi connectivity index (χ0) is 41.1. The molecule has 4 aromatic rings. The maximum atomic E-state index is 12.3. The highest BCUT2D eigenvalue weighted by atomic mass is 16.5. The smallest absolute Gasteiger partial charge is 0.328 e. The number of fused-ring (bicyclic) bond motifs is 5. The van der Waals surface area contributed by atoms with Crippen molar-refractivity contribution in [2.45, 2.75) is 69.6 Å². The third kappa shape index (κ3) is 10.8. The predicted molar refractivity (Wildman–Crippen MR) is 224 cm³/mol. The number of aliphatic carboxylic acids is 2. The van der Waals surface area contributed by atoms with E-state index in [9.17, 15) is 14.4 Å². The lowest BCUT2D eigenvalue weighted by molar-refractivity contribution is -0.134. The number of nitrogens with zero attached hydrogens (tertiary/aromatic N) is 3. The van der Waals surface area contributed by atoms with Gasteiger partial charge in [0.05, 0.1) is 20.4 Å². The molecule has 0 radical (unpaired) electrons. The van der Waals surface area contributed by atoms with Crippen molar-refractivity contribution in [1.82, 2.24) is 10.2 Å². The summed E-state index contributed by atoms with van der Waals surface area (Å²) in [4.78, 5) is 38.3. The van der Waals surface area contributed by atoms with Gasteiger partial charge in [0.15, 0.2) is 0 Å². The summed E-state index contributed by atoms with van der Waals surface area (Å²) >= 11 is 0. The van der Waals surface area contributed by atoms with E-state index in [2.05, 4.69) is 115 Å². The van der Waals surface area contributed by atoms with Crippen molar-refractivity contribution in [3.05, 3.63) is 131 Å². The Morgan fingerprint density at radius 1 is 0.807 bits per heavy atom. The third-order valence-corrected chi connectivity index (χ3v) is 11.3. The molecule has 5 unspecified atom stereocenters. The van der Waals surface area contributed by atoms with Crippen LogP contribution in [0.5, 0.6) is 11.5 Å². The van der Waals surface area contributed by atoms with Gasteiger partial charge in [-0.3, -0.25) is 9.69 Å². The van der Waals surface area contributed by atoms with E-state index < -0.39 is 11.9 Å². The fourth-order valence-electron chi connectivity index (χ4n) is 8.09. The molecule has 11 nitrogen and oxygen atoms in total. The number of likely N-dealkylation sites (tertiary alicyclic amines) is 1. The highest BCUT2D eigenvalue weighted by Gasteiger charge is 2.40. The molecule has 3 heterocycles. The largest absolute Gasteiger partial charge is 0.497 e. The van der Waals surface area contributed by atoms with Crippen molar-refractivity contribution in [3.8, 4) is 11.5 Å². The van der Waals surface area contributed by atoms with Crippen LogP contribution in [-0.2, 0) is 14.4 Å². The Kier molecular flexibility index (Phi) is 14.9. The van der Waals surface area contributed by atoms with Crippen molar-refractivity contribution in [2.75, 3.05) is 51.2 Å². The van der Waals surface area contributed by atoms with Crippen LogP contribution in [0.25, 0.3) is 0 Å². The van der Waals surface area contributed by atoms with E-state index in [0.717, 1.165) is 36.7 Å². The number of rotatable bonds is 11. The van der Waals surface area contributed by atoms with E-state index in [1.54, 1.807) is 19.1 Å². The average Bonchev–Trinajstić information content (AvgIpc) is 3.24. The molecule has 1 fully saturated rings. The lowest BCUT2D eigenvalue weighted by Crippen LogP contribution is -2.54. The van der Waals surface area contributed by atoms with Crippen LogP contribution in [-0.4, -0.2) is 80.5 Å². The number of ether oxygens (including phenoxy) is 2. The number of methoxy groups -OCH3 is 2. The number of benzene rings is 4. The first-order valence-electron chi connectivity index (χ1n) is 19.5. The van der Waals surface area contributed by atoms with Gasteiger partial charge in [0.1, 0.15) is 11.5 Å². The molecule has 3 aliphatic heterocycles. The van der Waals surface area contributed by atoms with Crippen LogP contribution >= 0.6 is 0 Å². The van der Waals surface area contributed by atoms with Gasteiger partial charge in [0, 0.05) is 62.7 Å². The molecular formula is C46H56N4O7. The Morgan fingerprint density at radius 3 is 1.95 bits per heavy atom. The standard InChI is InChI=1S/C21H26N2O2.C21H26N2O.C4H4O4/c1-15(16-7-5-4-6-8-16)22-12-11-17-13-21(24)23(2)20-10-9-18(25-3)14-19(17)20;1-15(16-7-5-4-6-8-16)23-12-11-17-13-21(23)22(2)20-10-9-18(24-3)14-19(17)20;5-3(6)1-2-4(7)8/h4-10,14-15,17,22H,11-13H2,1-3H3;4-10,14-15,17,21H,11-13H2,1-3H3;1-2H,(H,5,6)(H,7,8)/b;;2-1+. The number of anilines is 2. The van der Waals surface area contributed by atoms with E-state index in [1.165, 1.54) is 40.8 Å². The third-order valence-electron chi connectivity index (χ3n) is 11.3. The first kappa shape index (κ1) is 42.5. The quantitative estimate of drug-likeness (QED) is 0.129. The van der Waals surface area contributed by atoms with Crippen LogP contribution in [0.2, 0.25) is 0 Å². The first-order valence-corrected chi connectivity index (χ1v) is 19.5. The monoisotopic (exact) mass is 776 g/mol. The SMILES string of the molecule is COc1ccc2c(c1)C(CCNC(C)c1ccccc1)CC(=O)N2C.COc1ccc2c(c1)C1CCN(C(C)c3ccccc3)C(C1)N2C.O=C(O)/C=C/C(=O)O.